The maximum Gasteiger partial charge on any atom is 0.306 e. The third kappa shape index (κ3) is 50.7. The van der Waals surface area contributed by atoms with E-state index in [0.717, 1.165) is 96.3 Å². The SMILES string of the molecule is CC/C=C\C/C=C\C/C=C\C/C=C\C/C=C\CCCC(=O)OCC(COC(=O)CCCCCCCCCCCCCCC)OC(=O)CCC/C=C\C/C=C\C/C=C\C/C=C\C/C=C\CC. The Morgan fingerprint density at radius 2 is 0.600 bits per heavy atom. The molecular weight excluding hydrogens is 805 g/mol. The van der Waals surface area contributed by atoms with E-state index in [9.17, 15) is 14.4 Å². The van der Waals surface area contributed by atoms with E-state index >= 15 is 0 Å². The van der Waals surface area contributed by atoms with Crippen LogP contribution in [-0.4, -0.2) is 37.2 Å². The van der Waals surface area contributed by atoms with E-state index < -0.39 is 6.10 Å². The summed E-state index contributed by atoms with van der Waals surface area (Å²) in [7, 11) is 0. The van der Waals surface area contributed by atoms with E-state index in [-0.39, 0.29) is 44.0 Å². The van der Waals surface area contributed by atoms with Crippen molar-refractivity contribution in [1.29, 1.82) is 0 Å². The largest absolute Gasteiger partial charge is 0.462 e. The van der Waals surface area contributed by atoms with Gasteiger partial charge in [-0.25, -0.2) is 0 Å². The Morgan fingerprint density at radius 3 is 0.938 bits per heavy atom. The van der Waals surface area contributed by atoms with E-state index in [0.29, 0.717) is 19.3 Å². The van der Waals surface area contributed by atoms with Crippen LogP contribution in [0.15, 0.2) is 122 Å². The molecule has 0 aliphatic heterocycles. The van der Waals surface area contributed by atoms with Crippen LogP contribution in [0.1, 0.15) is 213 Å². The van der Waals surface area contributed by atoms with E-state index in [4.69, 9.17) is 14.2 Å². The number of hydrogen-bond donors (Lipinski definition) is 0. The van der Waals surface area contributed by atoms with Crippen LogP contribution in [0, 0.1) is 0 Å². The monoisotopic (exact) mass is 899 g/mol. The predicted octanol–water partition coefficient (Wildman–Crippen LogP) is 17.3. The standard InChI is InChI=1S/C59H94O6/c1-4-7-10-13-16-19-22-25-27-29-31-34-37-40-43-46-49-52-58(61)64-55-56(54-63-57(60)51-48-45-42-39-36-33-24-21-18-15-12-9-6-3)65-59(62)53-50-47-44-41-38-35-32-30-28-26-23-20-17-14-11-8-5-2/h7-8,10-11,16-17,19-20,25-28,31-32,34-35,40-41,43-44,56H,4-6,9,12-15,18,21-24,29-30,33,36-39,42,45-55H2,1-3H3/b10-7-,11-8-,19-16-,20-17-,27-25-,28-26-,34-31-,35-32-,43-40-,44-41-. The number of allylic oxidation sites excluding steroid dienone is 20. The van der Waals surface area contributed by atoms with Crippen LogP contribution >= 0.6 is 0 Å². The summed E-state index contributed by atoms with van der Waals surface area (Å²) in [6.07, 6.45) is 71.9. The molecule has 6 nitrogen and oxygen atoms in total. The van der Waals surface area contributed by atoms with Gasteiger partial charge in [0.15, 0.2) is 6.10 Å². The molecule has 0 fully saturated rings. The second-order valence-electron chi connectivity index (χ2n) is 16.7. The number of carbonyl (C=O) groups excluding carboxylic acids is 3. The zero-order valence-corrected chi connectivity index (χ0v) is 41.7. The molecule has 1 unspecified atom stereocenters. The average molecular weight is 899 g/mol. The molecular formula is C59H94O6. The molecule has 65 heavy (non-hydrogen) atoms. The Morgan fingerprint density at radius 1 is 0.323 bits per heavy atom. The van der Waals surface area contributed by atoms with Crippen LogP contribution in [0.3, 0.4) is 0 Å². The molecule has 0 aliphatic rings. The number of unbranched alkanes of at least 4 members (excludes halogenated alkanes) is 14. The summed E-state index contributed by atoms with van der Waals surface area (Å²) in [4.78, 5) is 38.0. The fraction of sp³-hybridized carbons (Fsp3) is 0.610. The number of hydrogen-bond acceptors (Lipinski definition) is 6. The number of esters is 3. The molecule has 0 rings (SSSR count). The number of carbonyl (C=O) groups is 3. The van der Waals surface area contributed by atoms with Crippen molar-refractivity contribution < 1.29 is 28.6 Å². The molecule has 0 radical (unpaired) electrons. The van der Waals surface area contributed by atoms with E-state index in [1.54, 1.807) is 0 Å². The van der Waals surface area contributed by atoms with Crippen LogP contribution < -0.4 is 0 Å². The highest BCUT2D eigenvalue weighted by Gasteiger charge is 2.19. The van der Waals surface area contributed by atoms with Crippen LogP contribution in [0.2, 0.25) is 0 Å². The first-order valence-electron chi connectivity index (χ1n) is 26.0. The molecule has 0 saturated carbocycles. The normalized spacial score (nSPS) is 13.1. The minimum atomic E-state index is -0.832. The van der Waals surface area contributed by atoms with Crippen LogP contribution in [0.25, 0.3) is 0 Å². The van der Waals surface area contributed by atoms with Crippen molar-refractivity contribution in [3.63, 3.8) is 0 Å². The summed E-state index contributed by atoms with van der Waals surface area (Å²) >= 11 is 0. The first-order valence-corrected chi connectivity index (χ1v) is 26.0. The highest BCUT2D eigenvalue weighted by atomic mass is 16.6. The summed E-state index contributed by atoms with van der Waals surface area (Å²) in [6, 6.07) is 0. The van der Waals surface area contributed by atoms with Gasteiger partial charge in [-0.05, 0) is 96.3 Å². The molecule has 6 heteroatoms. The number of ether oxygens (including phenoxy) is 3. The molecule has 0 aromatic carbocycles. The van der Waals surface area contributed by atoms with Gasteiger partial charge in [-0.15, -0.1) is 0 Å². The van der Waals surface area contributed by atoms with Gasteiger partial charge in [0.25, 0.3) is 0 Å². The summed E-state index contributed by atoms with van der Waals surface area (Å²) in [5.74, 6) is -1.05. The van der Waals surface area contributed by atoms with Crippen LogP contribution in [0.4, 0.5) is 0 Å². The van der Waals surface area contributed by atoms with Crippen molar-refractivity contribution in [3.8, 4) is 0 Å². The Kier molecular flexibility index (Phi) is 49.1. The van der Waals surface area contributed by atoms with Crippen molar-refractivity contribution in [2.45, 2.75) is 219 Å². The Hall–Kier alpha value is -4.19. The smallest absolute Gasteiger partial charge is 0.306 e. The fourth-order valence-electron chi connectivity index (χ4n) is 6.63. The molecule has 0 N–H and O–H groups in total. The van der Waals surface area contributed by atoms with E-state index in [1.807, 2.05) is 0 Å². The van der Waals surface area contributed by atoms with Gasteiger partial charge in [0.2, 0.25) is 0 Å². The molecule has 0 amide bonds. The quantitative estimate of drug-likeness (QED) is 0.0262. The van der Waals surface area contributed by atoms with Gasteiger partial charge in [0.05, 0.1) is 0 Å². The van der Waals surface area contributed by atoms with Gasteiger partial charge in [-0.2, -0.15) is 0 Å². The Balaban J connectivity index is 4.59. The minimum absolute atomic E-state index is 0.120. The lowest BCUT2D eigenvalue weighted by molar-refractivity contribution is -0.167. The predicted molar refractivity (Wildman–Crippen MR) is 279 cm³/mol. The Bertz CT molecular complexity index is 1400. The zero-order valence-electron chi connectivity index (χ0n) is 41.7. The third-order valence-electron chi connectivity index (χ3n) is 10.5. The Labute approximate surface area is 399 Å². The molecule has 0 spiro atoms. The van der Waals surface area contributed by atoms with Gasteiger partial charge in [-0.3, -0.25) is 14.4 Å². The molecule has 1 atom stereocenters. The summed E-state index contributed by atoms with van der Waals surface area (Å²) in [6.45, 7) is 6.30. The molecule has 0 aromatic rings. The van der Waals surface area contributed by atoms with E-state index in [2.05, 4.69) is 142 Å². The van der Waals surface area contributed by atoms with Gasteiger partial charge in [0.1, 0.15) is 13.2 Å². The van der Waals surface area contributed by atoms with Crippen molar-refractivity contribution in [1.82, 2.24) is 0 Å². The van der Waals surface area contributed by atoms with Crippen molar-refractivity contribution in [2.24, 2.45) is 0 Å². The fourth-order valence-corrected chi connectivity index (χ4v) is 6.63. The summed E-state index contributed by atoms with van der Waals surface area (Å²) in [5, 5.41) is 0. The van der Waals surface area contributed by atoms with Crippen LogP contribution in [-0.2, 0) is 28.6 Å². The average Bonchev–Trinajstić information content (AvgIpc) is 3.30. The maximum atomic E-state index is 12.8. The van der Waals surface area contributed by atoms with Gasteiger partial charge in [-0.1, -0.05) is 219 Å². The summed E-state index contributed by atoms with van der Waals surface area (Å²) < 4.78 is 16.7. The minimum Gasteiger partial charge on any atom is -0.462 e. The highest BCUT2D eigenvalue weighted by Crippen LogP contribution is 2.14. The van der Waals surface area contributed by atoms with Gasteiger partial charge >= 0.3 is 17.9 Å². The third-order valence-corrected chi connectivity index (χ3v) is 10.5. The lowest BCUT2D eigenvalue weighted by atomic mass is 10.0. The molecule has 366 valence electrons. The molecule has 0 aromatic heterocycles. The molecule has 0 heterocycles. The first-order chi connectivity index (χ1) is 32.0. The van der Waals surface area contributed by atoms with Crippen LogP contribution in [0.5, 0.6) is 0 Å². The number of rotatable bonds is 45. The topological polar surface area (TPSA) is 78.9 Å². The second kappa shape index (κ2) is 52.4. The lowest BCUT2D eigenvalue weighted by Crippen LogP contribution is -2.30. The molecule has 0 aliphatic carbocycles. The van der Waals surface area contributed by atoms with Gasteiger partial charge < -0.3 is 14.2 Å². The molecule has 0 saturated heterocycles. The zero-order chi connectivity index (χ0) is 47.2. The van der Waals surface area contributed by atoms with E-state index in [1.165, 1.54) is 64.2 Å². The highest BCUT2D eigenvalue weighted by molar-refractivity contribution is 5.71. The second-order valence-corrected chi connectivity index (χ2v) is 16.7. The summed E-state index contributed by atoms with van der Waals surface area (Å²) in [5.41, 5.74) is 0. The van der Waals surface area contributed by atoms with Gasteiger partial charge in [0, 0.05) is 19.3 Å². The first kappa shape index (κ1) is 60.8. The lowest BCUT2D eigenvalue weighted by Gasteiger charge is -2.18. The molecule has 0 bridgehead atoms. The maximum absolute atomic E-state index is 12.8. The van der Waals surface area contributed by atoms with Crippen molar-refractivity contribution in [2.75, 3.05) is 13.2 Å². The van der Waals surface area contributed by atoms with Crippen molar-refractivity contribution in [3.05, 3.63) is 122 Å². The van der Waals surface area contributed by atoms with Crippen molar-refractivity contribution >= 4 is 17.9 Å².